The molecule has 1 amide bonds. The number of nitrogens with one attached hydrogen (secondary N) is 1. The number of carbonyl (C=O) groups is 1. The van der Waals surface area contributed by atoms with Crippen molar-refractivity contribution in [3.63, 3.8) is 0 Å². The summed E-state index contributed by atoms with van der Waals surface area (Å²) in [5, 5.41) is 9.51. The van der Waals surface area contributed by atoms with Crippen molar-refractivity contribution in [1.29, 1.82) is 0 Å². The molecule has 1 N–H and O–H groups in total. The Morgan fingerprint density at radius 1 is 1.19 bits per heavy atom. The Bertz CT molecular complexity index is 1130. The molecule has 0 spiro atoms. The van der Waals surface area contributed by atoms with Crippen LogP contribution in [-0.2, 0) is 11.8 Å². The van der Waals surface area contributed by atoms with Crippen LogP contribution in [0, 0.1) is 5.92 Å². The number of hydrogen-bond donors (Lipinski definition) is 1. The van der Waals surface area contributed by atoms with Crippen molar-refractivity contribution in [2.75, 3.05) is 24.7 Å². The van der Waals surface area contributed by atoms with Crippen molar-refractivity contribution in [2.45, 2.75) is 50.6 Å². The number of morpholine rings is 1. The topological polar surface area (TPSA) is 85.2 Å². The number of carbonyl (C=O) groups excluding carboxylic acids is 1. The molecule has 8 nitrogen and oxygen atoms in total. The van der Waals surface area contributed by atoms with Crippen LogP contribution in [0.3, 0.4) is 0 Å². The fraction of sp³-hybridized carbons (Fsp3) is 0.565. The Morgan fingerprint density at radius 2 is 1.97 bits per heavy atom. The number of anilines is 1. The van der Waals surface area contributed by atoms with Gasteiger partial charge in [0.1, 0.15) is 21.4 Å². The maximum Gasteiger partial charge on any atom is 0.263 e. The second-order valence-electron chi connectivity index (χ2n) is 9.23. The molecule has 3 aromatic rings. The summed E-state index contributed by atoms with van der Waals surface area (Å²) in [6, 6.07) is 5.01. The number of amides is 1. The molecule has 5 heterocycles. The van der Waals surface area contributed by atoms with E-state index >= 15 is 0 Å². The zero-order valence-corrected chi connectivity index (χ0v) is 19.1. The van der Waals surface area contributed by atoms with E-state index in [-0.39, 0.29) is 5.91 Å². The van der Waals surface area contributed by atoms with Crippen molar-refractivity contribution in [1.82, 2.24) is 25.1 Å². The van der Waals surface area contributed by atoms with Gasteiger partial charge in [0, 0.05) is 19.0 Å². The number of aromatic nitrogens is 4. The van der Waals surface area contributed by atoms with Gasteiger partial charge in [0.2, 0.25) is 0 Å². The molecule has 2 bridgehead atoms. The van der Waals surface area contributed by atoms with Crippen LogP contribution < -0.4 is 10.2 Å². The highest BCUT2D eigenvalue weighted by molar-refractivity contribution is 7.17. The summed E-state index contributed by atoms with van der Waals surface area (Å²) in [4.78, 5) is 25.2. The molecule has 2 unspecified atom stereocenters. The van der Waals surface area contributed by atoms with E-state index in [1.54, 1.807) is 6.20 Å². The van der Waals surface area contributed by atoms with Gasteiger partial charge in [-0.2, -0.15) is 5.10 Å². The molecular formula is C23H28N6O2S. The molecule has 168 valence electrons. The van der Waals surface area contributed by atoms with Crippen molar-refractivity contribution in [3.8, 4) is 10.7 Å². The highest BCUT2D eigenvalue weighted by Crippen LogP contribution is 2.36. The van der Waals surface area contributed by atoms with Gasteiger partial charge in [-0.25, -0.2) is 14.6 Å². The third kappa shape index (κ3) is 3.47. The summed E-state index contributed by atoms with van der Waals surface area (Å²) in [6.45, 7) is 2.31. The summed E-state index contributed by atoms with van der Waals surface area (Å²) < 4.78 is 7.54. The van der Waals surface area contributed by atoms with Gasteiger partial charge in [-0.1, -0.05) is 12.8 Å². The number of aryl methyl sites for hydroxylation is 1. The minimum atomic E-state index is -0.0379. The molecule has 2 atom stereocenters. The fourth-order valence-corrected chi connectivity index (χ4v) is 6.28. The lowest BCUT2D eigenvalue weighted by Gasteiger charge is -2.35. The maximum absolute atomic E-state index is 12.6. The Hall–Kier alpha value is -2.52. The van der Waals surface area contributed by atoms with E-state index in [1.165, 1.54) is 37.0 Å². The fourth-order valence-electron chi connectivity index (χ4n) is 5.45. The first-order valence-corrected chi connectivity index (χ1v) is 12.4. The van der Waals surface area contributed by atoms with E-state index in [4.69, 9.17) is 14.8 Å². The van der Waals surface area contributed by atoms with E-state index in [0.717, 1.165) is 60.2 Å². The lowest BCUT2D eigenvalue weighted by Crippen LogP contribution is -2.46. The quantitative estimate of drug-likeness (QED) is 0.639. The zero-order chi connectivity index (χ0) is 21.7. The van der Waals surface area contributed by atoms with Gasteiger partial charge < -0.3 is 15.0 Å². The maximum atomic E-state index is 12.6. The van der Waals surface area contributed by atoms with Crippen molar-refractivity contribution in [2.24, 2.45) is 13.0 Å². The predicted octanol–water partition coefficient (Wildman–Crippen LogP) is 3.38. The van der Waals surface area contributed by atoms with Crippen LogP contribution in [0.15, 0.2) is 18.3 Å². The minimum Gasteiger partial charge on any atom is -0.377 e. The summed E-state index contributed by atoms with van der Waals surface area (Å²) in [7, 11) is 1.92. The number of rotatable bonds is 5. The lowest BCUT2D eigenvalue weighted by atomic mass is 10.1. The van der Waals surface area contributed by atoms with E-state index in [2.05, 4.69) is 27.3 Å². The minimum absolute atomic E-state index is 0.0379. The second kappa shape index (κ2) is 8.12. The van der Waals surface area contributed by atoms with Crippen LogP contribution in [0.2, 0.25) is 0 Å². The smallest absolute Gasteiger partial charge is 0.263 e. The first kappa shape index (κ1) is 20.1. The standard InChI is InChI=1S/C23H28N6O2S/c1-28-21-17(8-9-19(26-21)29-15-6-7-16(29)13-31-12-15)20(27-28)23-25-11-18(32-23)22(30)24-10-14-4-2-3-5-14/h8-9,11,14-16H,2-7,10,12-13H2,1H3,(H,24,30). The number of thiazole rings is 1. The van der Waals surface area contributed by atoms with Gasteiger partial charge in [0.15, 0.2) is 5.65 Å². The van der Waals surface area contributed by atoms with Crippen LogP contribution in [0.25, 0.3) is 21.7 Å². The number of ether oxygens (including phenoxy) is 1. The van der Waals surface area contributed by atoms with Gasteiger partial charge in [0.05, 0.1) is 31.5 Å². The molecule has 2 saturated heterocycles. The van der Waals surface area contributed by atoms with Crippen molar-refractivity contribution in [3.05, 3.63) is 23.2 Å². The van der Waals surface area contributed by atoms with E-state index in [1.807, 2.05) is 11.7 Å². The summed E-state index contributed by atoms with van der Waals surface area (Å²) in [5.74, 6) is 1.58. The number of fused-ring (bicyclic) bond motifs is 3. The molecule has 0 aromatic carbocycles. The molecule has 3 fully saturated rings. The zero-order valence-electron chi connectivity index (χ0n) is 18.3. The summed E-state index contributed by atoms with van der Waals surface area (Å²) >= 11 is 1.39. The van der Waals surface area contributed by atoms with Crippen LogP contribution in [0.5, 0.6) is 0 Å². The van der Waals surface area contributed by atoms with E-state index in [0.29, 0.717) is 22.9 Å². The van der Waals surface area contributed by atoms with Gasteiger partial charge in [-0.15, -0.1) is 11.3 Å². The monoisotopic (exact) mass is 452 g/mol. The molecule has 2 aliphatic heterocycles. The Morgan fingerprint density at radius 3 is 2.75 bits per heavy atom. The average Bonchev–Trinajstić information content (AvgIpc) is 3.59. The lowest BCUT2D eigenvalue weighted by molar-refractivity contribution is 0.0902. The molecule has 1 aliphatic carbocycles. The van der Waals surface area contributed by atoms with Gasteiger partial charge in [-0.3, -0.25) is 4.79 Å². The van der Waals surface area contributed by atoms with Gasteiger partial charge >= 0.3 is 0 Å². The number of nitrogens with zero attached hydrogens (tertiary/aromatic N) is 5. The van der Waals surface area contributed by atoms with E-state index in [9.17, 15) is 4.79 Å². The average molecular weight is 453 g/mol. The molecule has 6 rings (SSSR count). The number of hydrogen-bond acceptors (Lipinski definition) is 7. The SMILES string of the molecule is Cn1nc(-c2ncc(C(=O)NCC3CCCC3)s2)c2ccc(N3C4CCC3COC4)nc21. The normalized spacial score (nSPS) is 23.3. The molecule has 32 heavy (non-hydrogen) atoms. The molecular weight excluding hydrogens is 424 g/mol. The van der Waals surface area contributed by atoms with Gasteiger partial charge in [-0.05, 0) is 43.7 Å². The third-order valence-electron chi connectivity index (χ3n) is 7.14. The molecule has 1 saturated carbocycles. The molecule has 3 aliphatic rings. The van der Waals surface area contributed by atoms with E-state index < -0.39 is 0 Å². The summed E-state index contributed by atoms with van der Waals surface area (Å²) in [5.41, 5.74) is 1.62. The Labute approximate surface area is 191 Å². The first-order valence-electron chi connectivity index (χ1n) is 11.6. The molecule has 9 heteroatoms. The van der Waals surface area contributed by atoms with Gasteiger partial charge in [0.25, 0.3) is 5.91 Å². The van der Waals surface area contributed by atoms with Crippen LogP contribution >= 0.6 is 11.3 Å². The highest BCUT2D eigenvalue weighted by atomic mass is 32.1. The highest BCUT2D eigenvalue weighted by Gasteiger charge is 2.38. The van der Waals surface area contributed by atoms with Crippen molar-refractivity contribution >= 4 is 34.1 Å². The Balaban J connectivity index is 1.25. The largest absolute Gasteiger partial charge is 0.377 e. The Kier molecular flexibility index (Phi) is 5.10. The number of pyridine rings is 1. The van der Waals surface area contributed by atoms with Crippen LogP contribution in [-0.4, -0.2) is 57.5 Å². The first-order chi connectivity index (χ1) is 15.7. The predicted molar refractivity (Wildman–Crippen MR) is 124 cm³/mol. The molecule has 0 radical (unpaired) electrons. The third-order valence-corrected chi connectivity index (χ3v) is 8.14. The van der Waals surface area contributed by atoms with Crippen molar-refractivity contribution < 1.29 is 9.53 Å². The molecule has 3 aromatic heterocycles. The second-order valence-corrected chi connectivity index (χ2v) is 10.3. The summed E-state index contributed by atoms with van der Waals surface area (Å²) in [6.07, 6.45) is 8.97. The van der Waals surface area contributed by atoms with Crippen LogP contribution in [0.1, 0.15) is 48.2 Å². The van der Waals surface area contributed by atoms with Crippen LogP contribution in [0.4, 0.5) is 5.82 Å².